The van der Waals surface area contributed by atoms with Crippen LogP contribution < -0.4 is 5.73 Å². The van der Waals surface area contributed by atoms with Crippen LogP contribution in [-0.4, -0.2) is 6.54 Å². The van der Waals surface area contributed by atoms with Crippen LogP contribution in [-0.2, 0) is 0 Å². The maximum atomic E-state index is 5.33. The van der Waals surface area contributed by atoms with Gasteiger partial charge in [0.05, 0.1) is 0 Å². The van der Waals surface area contributed by atoms with Crippen LogP contribution in [0.3, 0.4) is 0 Å². The minimum absolute atomic E-state index is 0.507. The van der Waals surface area contributed by atoms with E-state index in [1.54, 1.807) is 0 Å². The van der Waals surface area contributed by atoms with E-state index in [2.05, 4.69) is 22.5 Å². The maximum Gasteiger partial charge on any atom is 0.0174 e. The molecule has 0 spiro atoms. The summed E-state index contributed by atoms with van der Waals surface area (Å²) in [5, 5.41) is 0. The Balaban J connectivity index is 0. The molecule has 70 valence electrons. The highest BCUT2D eigenvalue weighted by molar-refractivity contribution is 9.11. The van der Waals surface area contributed by atoms with E-state index in [4.69, 9.17) is 5.73 Å². The number of nitrogens with two attached hydrogens (primary N) is 1. The van der Waals surface area contributed by atoms with Crippen molar-refractivity contribution in [2.45, 2.75) is 20.8 Å². The van der Waals surface area contributed by atoms with Gasteiger partial charge < -0.3 is 5.73 Å². The zero-order valence-corrected chi connectivity index (χ0v) is 9.69. The van der Waals surface area contributed by atoms with E-state index >= 15 is 0 Å². The van der Waals surface area contributed by atoms with Crippen LogP contribution in [0.2, 0.25) is 0 Å². The molecule has 0 rings (SSSR count). The summed E-state index contributed by atoms with van der Waals surface area (Å²) in [4.78, 5) is 0. The molecule has 0 aromatic carbocycles. The molecular weight excluding hydrogens is 214 g/mol. The van der Waals surface area contributed by atoms with Crippen molar-refractivity contribution in [2.75, 3.05) is 6.54 Å². The summed E-state index contributed by atoms with van der Waals surface area (Å²) >= 11 is 3.34. The first-order valence-corrected chi connectivity index (χ1v) is 4.87. The molecule has 0 saturated heterocycles. The van der Waals surface area contributed by atoms with Crippen LogP contribution in [0, 0.1) is 0 Å². The smallest absolute Gasteiger partial charge is 0.0174 e. The second kappa shape index (κ2) is 10.7. The quantitative estimate of drug-likeness (QED) is 0.741. The molecule has 0 atom stereocenters. The van der Waals surface area contributed by atoms with Crippen molar-refractivity contribution in [1.29, 1.82) is 0 Å². The SMILES string of the molecule is C=C(/C=C(Br)\C=C/C)CN.CC. The van der Waals surface area contributed by atoms with Gasteiger partial charge in [-0.1, -0.05) is 48.5 Å². The first-order chi connectivity index (χ1) is 5.70. The van der Waals surface area contributed by atoms with E-state index in [1.165, 1.54) is 0 Å². The van der Waals surface area contributed by atoms with Gasteiger partial charge in [0.15, 0.2) is 0 Å². The first-order valence-electron chi connectivity index (χ1n) is 4.08. The maximum absolute atomic E-state index is 5.33. The van der Waals surface area contributed by atoms with Crippen molar-refractivity contribution in [2.24, 2.45) is 5.73 Å². The number of halogens is 1. The molecule has 0 aromatic heterocycles. The van der Waals surface area contributed by atoms with E-state index in [0.717, 1.165) is 10.1 Å². The third-order valence-electron chi connectivity index (χ3n) is 0.930. The molecule has 2 heteroatoms. The summed E-state index contributed by atoms with van der Waals surface area (Å²) in [6, 6.07) is 0. The van der Waals surface area contributed by atoms with E-state index < -0.39 is 0 Å². The van der Waals surface area contributed by atoms with Gasteiger partial charge >= 0.3 is 0 Å². The van der Waals surface area contributed by atoms with Crippen LogP contribution in [0.4, 0.5) is 0 Å². The summed E-state index contributed by atoms with van der Waals surface area (Å²) in [6.45, 7) is 10.2. The van der Waals surface area contributed by atoms with Gasteiger partial charge in [-0.25, -0.2) is 0 Å². The molecule has 0 heterocycles. The minimum atomic E-state index is 0.507. The molecule has 0 aromatic rings. The molecule has 0 saturated carbocycles. The van der Waals surface area contributed by atoms with Crippen LogP contribution in [0.1, 0.15) is 20.8 Å². The highest BCUT2D eigenvalue weighted by Gasteiger charge is 1.85. The first kappa shape index (κ1) is 14.2. The van der Waals surface area contributed by atoms with Crippen molar-refractivity contribution >= 4 is 15.9 Å². The Kier molecular flexibility index (Phi) is 12.6. The predicted molar refractivity (Wildman–Crippen MR) is 61.4 cm³/mol. The predicted octanol–water partition coefficient (Wildman–Crippen LogP) is 3.38. The van der Waals surface area contributed by atoms with E-state index in [1.807, 2.05) is 39.0 Å². The standard InChI is InChI=1S/C8H12BrN.C2H6/c1-3-4-8(9)5-7(2)6-10;1-2/h3-5H,2,6,10H2,1H3;1-2H3/b4-3-,8-5+;. The number of rotatable bonds is 3. The molecule has 0 radical (unpaired) electrons. The highest BCUT2D eigenvalue weighted by atomic mass is 79.9. The Morgan fingerprint density at radius 1 is 1.50 bits per heavy atom. The Bertz CT molecular complexity index is 169. The molecule has 0 bridgehead atoms. The van der Waals surface area contributed by atoms with Gasteiger partial charge in [-0.2, -0.15) is 0 Å². The third kappa shape index (κ3) is 9.66. The number of hydrogen-bond donors (Lipinski definition) is 1. The summed E-state index contributed by atoms with van der Waals surface area (Å²) in [5.41, 5.74) is 6.25. The minimum Gasteiger partial charge on any atom is -0.327 e. The van der Waals surface area contributed by atoms with Gasteiger partial charge in [-0.05, 0) is 18.6 Å². The van der Waals surface area contributed by atoms with Crippen molar-refractivity contribution < 1.29 is 0 Å². The van der Waals surface area contributed by atoms with Gasteiger partial charge in [0.1, 0.15) is 0 Å². The van der Waals surface area contributed by atoms with Crippen molar-refractivity contribution in [3.05, 3.63) is 34.9 Å². The van der Waals surface area contributed by atoms with Crippen molar-refractivity contribution in [3.8, 4) is 0 Å². The second-order valence-electron chi connectivity index (χ2n) is 1.89. The summed E-state index contributed by atoms with van der Waals surface area (Å²) in [7, 11) is 0. The lowest BCUT2D eigenvalue weighted by Gasteiger charge is -1.92. The third-order valence-corrected chi connectivity index (χ3v) is 1.42. The Morgan fingerprint density at radius 2 is 2.00 bits per heavy atom. The average Bonchev–Trinajstić information content (AvgIpc) is 2.08. The molecule has 0 amide bonds. The molecule has 0 aliphatic rings. The Hall–Kier alpha value is -0.340. The fourth-order valence-corrected chi connectivity index (χ4v) is 1.05. The molecule has 0 aliphatic heterocycles. The summed E-state index contributed by atoms with van der Waals surface area (Å²) in [6.07, 6.45) is 5.80. The van der Waals surface area contributed by atoms with E-state index in [-0.39, 0.29) is 0 Å². The molecule has 12 heavy (non-hydrogen) atoms. The average molecular weight is 232 g/mol. The molecular formula is C10H18BrN. The van der Waals surface area contributed by atoms with E-state index in [0.29, 0.717) is 6.54 Å². The van der Waals surface area contributed by atoms with Crippen LogP contribution in [0.5, 0.6) is 0 Å². The lowest BCUT2D eigenvalue weighted by Crippen LogP contribution is -1.99. The van der Waals surface area contributed by atoms with Crippen molar-refractivity contribution in [3.63, 3.8) is 0 Å². The molecule has 0 fully saturated rings. The van der Waals surface area contributed by atoms with Gasteiger partial charge in [-0.3, -0.25) is 0 Å². The van der Waals surface area contributed by atoms with Crippen molar-refractivity contribution in [1.82, 2.24) is 0 Å². The molecule has 1 nitrogen and oxygen atoms in total. The topological polar surface area (TPSA) is 26.0 Å². The number of allylic oxidation sites excluding steroid dienone is 3. The summed E-state index contributed by atoms with van der Waals surface area (Å²) in [5.74, 6) is 0. The summed E-state index contributed by atoms with van der Waals surface area (Å²) < 4.78 is 1.01. The lowest BCUT2D eigenvalue weighted by atomic mass is 10.3. The van der Waals surface area contributed by atoms with E-state index in [9.17, 15) is 0 Å². The Labute approximate surface area is 84.2 Å². The molecule has 2 N–H and O–H groups in total. The lowest BCUT2D eigenvalue weighted by molar-refractivity contribution is 1.20. The largest absolute Gasteiger partial charge is 0.327 e. The van der Waals surface area contributed by atoms with Crippen LogP contribution in [0.15, 0.2) is 34.9 Å². The van der Waals surface area contributed by atoms with Gasteiger partial charge in [0.2, 0.25) is 0 Å². The zero-order valence-electron chi connectivity index (χ0n) is 8.10. The van der Waals surface area contributed by atoms with Gasteiger partial charge in [0.25, 0.3) is 0 Å². The molecule has 0 unspecified atom stereocenters. The highest BCUT2D eigenvalue weighted by Crippen LogP contribution is 2.08. The molecule has 0 aliphatic carbocycles. The van der Waals surface area contributed by atoms with Crippen LogP contribution >= 0.6 is 15.9 Å². The fourth-order valence-electron chi connectivity index (χ4n) is 0.461. The van der Waals surface area contributed by atoms with Gasteiger partial charge in [0, 0.05) is 11.0 Å². The fraction of sp³-hybridized carbons (Fsp3) is 0.400. The Morgan fingerprint density at radius 3 is 2.33 bits per heavy atom. The zero-order chi connectivity index (χ0) is 9.98. The normalized spacial score (nSPS) is 10.9. The second-order valence-corrected chi connectivity index (χ2v) is 2.81. The van der Waals surface area contributed by atoms with Gasteiger partial charge in [-0.15, -0.1) is 0 Å². The number of hydrogen-bond acceptors (Lipinski definition) is 1. The van der Waals surface area contributed by atoms with Crippen LogP contribution in [0.25, 0.3) is 0 Å². The monoisotopic (exact) mass is 231 g/mol.